The van der Waals surface area contributed by atoms with Crippen LogP contribution in [0.5, 0.6) is 0 Å². The Morgan fingerprint density at radius 3 is 2.89 bits per heavy atom. The van der Waals surface area contributed by atoms with Gasteiger partial charge in [-0.2, -0.15) is 0 Å². The number of H-pyrrole nitrogens is 1. The van der Waals surface area contributed by atoms with Crippen LogP contribution >= 0.6 is 0 Å². The maximum absolute atomic E-state index is 13.6. The molecule has 1 unspecified atom stereocenters. The molecule has 1 fully saturated rings. The number of nitrogens with zero attached hydrogens (tertiary/aromatic N) is 2. The van der Waals surface area contributed by atoms with Crippen molar-refractivity contribution in [3.8, 4) is 0 Å². The molecule has 0 saturated carbocycles. The number of rotatable bonds is 3. The van der Waals surface area contributed by atoms with Gasteiger partial charge in [-0.05, 0) is 68.3 Å². The number of hydrogen-bond donors (Lipinski definition) is 1. The molecule has 2 aromatic carbocycles. The number of aryl methyl sites for hydroxylation is 2. The van der Waals surface area contributed by atoms with Crippen molar-refractivity contribution in [1.82, 2.24) is 14.5 Å². The molecule has 4 aromatic rings. The zero-order valence-corrected chi connectivity index (χ0v) is 16.5. The van der Waals surface area contributed by atoms with Crippen LogP contribution in [0, 0.1) is 12.7 Å². The van der Waals surface area contributed by atoms with Gasteiger partial charge in [-0.15, -0.1) is 0 Å². The summed E-state index contributed by atoms with van der Waals surface area (Å²) in [6.45, 7) is 4.19. The predicted octanol–water partition coefficient (Wildman–Crippen LogP) is 5.83. The molecule has 3 heterocycles. The predicted molar refractivity (Wildman–Crippen MR) is 113 cm³/mol. The van der Waals surface area contributed by atoms with Crippen molar-refractivity contribution in [2.45, 2.75) is 38.8 Å². The summed E-state index contributed by atoms with van der Waals surface area (Å²) in [6, 6.07) is 14.2. The Bertz CT molecular complexity index is 1150. The van der Waals surface area contributed by atoms with Crippen molar-refractivity contribution < 1.29 is 4.39 Å². The van der Waals surface area contributed by atoms with Crippen molar-refractivity contribution in [3.05, 3.63) is 71.3 Å². The summed E-state index contributed by atoms with van der Waals surface area (Å²) in [5.74, 6) is -0.176. The Balaban J connectivity index is 1.50. The minimum Gasteiger partial charge on any atom is -0.357 e. The van der Waals surface area contributed by atoms with Crippen molar-refractivity contribution in [2.24, 2.45) is 7.05 Å². The Hall–Kier alpha value is -2.59. The molecule has 0 bridgehead atoms. The van der Waals surface area contributed by atoms with Crippen molar-refractivity contribution in [1.29, 1.82) is 0 Å². The number of nitrogens with one attached hydrogen (secondary N) is 1. The minimum absolute atomic E-state index is 0.176. The van der Waals surface area contributed by atoms with Crippen LogP contribution in [-0.2, 0) is 13.6 Å². The highest BCUT2D eigenvalue weighted by atomic mass is 19.1. The summed E-state index contributed by atoms with van der Waals surface area (Å²) in [6.07, 6.45) is 5.88. The zero-order chi connectivity index (χ0) is 19.3. The third kappa shape index (κ3) is 3.02. The van der Waals surface area contributed by atoms with E-state index in [9.17, 15) is 4.39 Å². The summed E-state index contributed by atoms with van der Waals surface area (Å²) >= 11 is 0. The van der Waals surface area contributed by atoms with Gasteiger partial charge in [-0.1, -0.05) is 18.1 Å². The Morgan fingerprint density at radius 1 is 1.11 bits per heavy atom. The van der Waals surface area contributed by atoms with E-state index in [0.29, 0.717) is 6.04 Å². The van der Waals surface area contributed by atoms with Gasteiger partial charge in [0.25, 0.3) is 0 Å². The first kappa shape index (κ1) is 17.5. The quantitative estimate of drug-likeness (QED) is 0.478. The molecule has 3 nitrogen and oxygen atoms in total. The standard InChI is InChI=1S/C24H26FN3/c1-16-6-9-23-20(11-16)18(14-27(23)2)15-28-10-4-3-5-24(28)22-13-17-12-19(25)7-8-21(17)26-22/h6-9,11-14,24,26H,3-5,10,15H2,1-2H3. The molecule has 1 saturated heterocycles. The van der Waals surface area contributed by atoms with Gasteiger partial charge in [0.15, 0.2) is 0 Å². The van der Waals surface area contributed by atoms with E-state index in [0.717, 1.165) is 30.4 Å². The Morgan fingerprint density at radius 2 is 2.00 bits per heavy atom. The van der Waals surface area contributed by atoms with Crippen molar-refractivity contribution in [2.75, 3.05) is 6.54 Å². The van der Waals surface area contributed by atoms with Crippen LogP contribution in [0.2, 0.25) is 0 Å². The fourth-order valence-electron chi connectivity index (χ4n) is 4.77. The number of halogens is 1. The second-order valence-corrected chi connectivity index (χ2v) is 8.22. The maximum atomic E-state index is 13.6. The number of benzene rings is 2. The van der Waals surface area contributed by atoms with Crippen LogP contribution < -0.4 is 0 Å². The lowest BCUT2D eigenvalue weighted by atomic mass is 9.98. The van der Waals surface area contributed by atoms with E-state index in [2.05, 4.69) is 58.9 Å². The number of aromatic nitrogens is 2. The van der Waals surface area contributed by atoms with E-state index >= 15 is 0 Å². The fourth-order valence-corrected chi connectivity index (χ4v) is 4.77. The second kappa shape index (κ2) is 6.78. The van der Waals surface area contributed by atoms with Crippen molar-refractivity contribution in [3.63, 3.8) is 0 Å². The molecule has 1 N–H and O–H groups in total. The van der Waals surface area contributed by atoms with Crippen LogP contribution in [0.3, 0.4) is 0 Å². The average Bonchev–Trinajstić information content (AvgIpc) is 3.23. The summed E-state index contributed by atoms with van der Waals surface area (Å²) in [5.41, 5.74) is 6.19. The third-order valence-corrected chi connectivity index (χ3v) is 6.18. The van der Waals surface area contributed by atoms with Crippen LogP contribution in [0.25, 0.3) is 21.8 Å². The van der Waals surface area contributed by atoms with Crippen LogP contribution in [0.4, 0.5) is 4.39 Å². The summed E-state index contributed by atoms with van der Waals surface area (Å²) in [4.78, 5) is 6.13. The molecule has 1 atom stereocenters. The van der Waals surface area contributed by atoms with Gasteiger partial charge >= 0.3 is 0 Å². The van der Waals surface area contributed by atoms with Gasteiger partial charge in [-0.25, -0.2) is 4.39 Å². The monoisotopic (exact) mass is 375 g/mol. The Labute approximate surface area is 164 Å². The maximum Gasteiger partial charge on any atom is 0.123 e. The van der Waals surface area contributed by atoms with Gasteiger partial charge in [-0.3, -0.25) is 4.90 Å². The highest BCUT2D eigenvalue weighted by Crippen LogP contribution is 2.35. The van der Waals surface area contributed by atoms with E-state index in [-0.39, 0.29) is 5.82 Å². The molecule has 28 heavy (non-hydrogen) atoms. The number of piperidine rings is 1. The van der Waals surface area contributed by atoms with Gasteiger partial charge < -0.3 is 9.55 Å². The average molecular weight is 375 g/mol. The van der Waals surface area contributed by atoms with Gasteiger partial charge in [0, 0.05) is 47.3 Å². The van der Waals surface area contributed by atoms with Crippen LogP contribution in [0.15, 0.2) is 48.7 Å². The number of fused-ring (bicyclic) bond motifs is 2. The first-order chi connectivity index (χ1) is 13.6. The topological polar surface area (TPSA) is 24.0 Å². The van der Waals surface area contributed by atoms with Crippen LogP contribution in [0.1, 0.15) is 42.1 Å². The molecule has 144 valence electrons. The molecule has 0 aliphatic carbocycles. The smallest absolute Gasteiger partial charge is 0.123 e. The lowest BCUT2D eigenvalue weighted by molar-refractivity contribution is 0.138. The highest BCUT2D eigenvalue weighted by molar-refractivity contribution is 5.84. The molecule has 0 amide bonds. The molecule has 4 heteroatoms. The normalized spacial score (nSPS) is 18.3. The molecule has 0 spiro atoms. The molecule has 1 aliphatic heterocycles. The number of aromatic amines is 1. The molecule has 1 aliphatic rings. The third-order valence-electron chi connectivity index (χ3n) is 6.18. The molecule has 0 radical (unpaired) electrons. The van der Waals surface area contributed by atoms with Gasteiger partial charge in [0.1, 0.15) is 5.82 Å². The minimum atomic E-state index is -0.176. The van der Waals surface area contributed by atoms with Crippen molar-refractivity contribution >= 4 is 21.8 Å². The Kier molecular flexibility index (Phi) is 4.24. The summed E-state index contributed by atoms with van der Waals surface area (Å²) in [5, 5.41) is 2.31. The number of likely N-dealkylation sites (tertiary alicyclic amines) is 1. The first-order valence-corrected chi connectivity index (χ1v) is 10.2. The fraction of sp³-hybridized carbons (Fsp3) is 0.333. The van der Waals surface area contributed by atoms with E-state index < -0.39 is 0 Å². The van der Waals surface area contributed by atoms with Gasteiger partial charge in [0.2, 0.25) is 0 Å². The zero-order valence-electron chi connectivity index (χ0n) is 16.5. The molecular weight excluding hydrogens is 349 g/mol. The second-order valence-electron chi connectivity index (χ2n) is 8.22. The van der Waals surface area contributed by atoms with E-state index in [1.807, 2.05) is 6.07 Å². The van der Waals surface area contributed by atoms with E-state index in [1.165, 1.54) is 46.6 Å². The molecule has 5 rings (SSSR count). The highest BCUT2D eigenvalue weighted by Gasteiger charge is 2.26. The summed E-state index contributed by atoms with van der Waals surface area (Å²) < 4.78 is 15.8. The largest absolute Gasteiger partial charge is 0.357 e. The molecule has 2 aromatic heterocycles. The van der Waals surface area contributed by atoms with Gasteiger partial charge in [0.05, 0.1) is 6.04 Å². The first-order valence-electron chi connectivity index (χ1n) is 10.2. The summed E-state index contributed by atoms with van der Waals surface area (Å²) in [7, 11) is 2.13. The SMILES string of the molecule is Cc1ccc2c(c1)c(CN1CCCCC1c1cc3cc(F)ccc3[nH]1)cn2C. The molecular formula is C24H26FN3. The number of hydrogen-bond acceptors (Lipinski definition) is 1. The van der Waals surface area contributed by atoms with E-state index in [1.54, 1.807) is 6.07 Å². The van der Waals surface area contributed by atoms with E-state index in [4.69, 9.17) is 0 Å². The lowest BCUT2D eigenvalue weighted by Crippen LogP contribution is -2.33. The lowest BCUT2D eigenvalue weighted by Gasteiger charge is -2.35. The van der Waals surface area contributed by atoms with Crippen LogP contribution in [-0.4, -0.2) is 21.0 Å².